The molecule has 0 spiro atoms. The number of nitrogens with one attached hydrogen (secondary N) is 3. The minimum atomic E-state index is -0.988. The summed E-state index contributed by atoms with van der Waals surface area (Å²) in [6.07, 6.45) is 10.3. The molecule has 0 unspecified atom stereocenters. The van der Waals surface area contributed by atoms with Crippen molar-refractivity contribution in [3.8, 4) is 5.82 Å². The zero-order chi connectivity index (χ0) is 40.7. The molecule has 4 N–H and O–H groups in total. The fraction of sp³-hybridized carbons (Fsp3) is 0.422. The molecule has 59 heavy (non-hydrogen) atoms. The Balaban J connectivity index is 0.793. The number of nitrogens with zero attached hydrogens (tertiary/aromatic N) is 7. The highest BCUT2D eigenvalue weighted by molar-refractivity contribution is 5.98. The molecule has 0 radical (unpaired) electrons. The Morgan fingerprint density at radius 1 is 0.864 bits per heavy atom. The third-order valence-corrected chi connectivity index (χ3v) is 12.8. The summed E-state index contributed by atoms with van der Waals surface area (Å²) in [5.74, 6) is 0.456. The summed E-state index contributed by atoms with van der Waals surface area (Å²) in [4.78, 5) is 56.3. The second-order valence-corrected chi connectivity index (χ2v) is 16.5. The molecule has 3 saturated heterocycles. The highest BCUT2D eigenvalue weighted by Crippen LogP contribution is 2.38. The summed E-state index contributed by atoms with van der Waals surface area (Å²) in [6.45, 7) is 10.0. The fourth-order valence-corrected chi connectivity index (χ4v) is 9.41. The van der Waals surface area contributed by atoms with Crippen molar-refractivity contribution in [2.75, 3.05) is 41.3 Å². The highest BCUT2D eigenvalue weighted by Gasteiger charge is 2.37. The van der Waals surface area contributed by atoms with Gasteiger partial charge in [0.25, 0.3) is 5.56 Å². The van der Waals surface area contributed by atoms with E-state index in [1.54, 1.807) is 21.6 Å². The number of imide groups is 1. The van der Waals surface area contributed by atoms with Crippen molar-refractivity contribution in [1.82, 2.24) is 34.9 Å². The van der Waals surface area contributed by atoms with Gasteiger partial charge in [-0.05, 0) is 98.5 Å². The van der Waals surface area contributed by atoms with Crippen LogP contribution in [-0.2, 0) is 28.2 Å². The summed E-state index contributed by atoms with van der Waals surface area (Å²) < 4.78 is 3.26. The van der Waals surface area contributed by atoms with E-state index in [-0.39, 0.29) is 29.8 Å². The number of aliphatic hydroxyl groups is 1. The van der Waals surface area contributed by atoms with Gasteiger partial charge in [0.15, 0.2) is 11.5 Å². The van der Waals surface area contributed by atoms with E-state index in [1.807, 2.05) is 31.2 Å². The number of aromatic nitrogens is 5. The van der Waals surface area contributed by atoms with Crippen molar-refractivity contribution in [3.05, 3.63) is 107 Å². The van der Waals surface area contributed by atoms with Crippen LogP contribution in [0.15, 0.2) is 84.3 Å². The van der Waals surface area contributed by atoms with E-state index in [0.717, 1.165) is 75.1 Å². The largest absolute Gasteiger partial charge is 0.384 e. The number of pyridine rings is 1. The lowest BCUT2D eigenvalue weighted by Crippen LogP contribution is -2.50. The fourth-order valence-electron chi connectivity index (χ4n) is 9.41. The zero-order valence-electron chi connectivity index (χ0n) is 33.6. The Morgan fingerprint density at radius 2 is 1.49 bits per heavy atom. The Morgan fingerprint density at radius 3 is 2.10 bits per heavy atom. The molecule has 14 nitrogen and oxygen atoms in total. The molecule has 3 aliphatic heterocycles. The molecule has 6 heterocycles. The van der Waals surface area contributed by atoms with Crippen molar-refractivity contribution >= 4 is 45.9 Å². The first kappa shape index (κ1) is 38.6. The van der Waals surface area contributed by atoms with Gasteiger partial charge in [0, 0.05) is 80.3 Å². The van der Waals surface area contributed by atoms with Gasteiger partial charge in [-0.15, -0.1) is 6.58 Å². The molecule has 3 aromatic heterocycles. The van der Waals surface area contributed by atoms with Crippen LogP contribution in [-0.4, -0.2) is 79.5 Å². The van der Waals surface area contributed by atoms with Crippen LogP contribution in [0.2, 0.25) is 0 Å². The molecule has 2 amide bonds. The molecule has 3 fully saturated rings. The van der Waals surface area contributed by atoms with Crippen molar-refractivity contribution < 1.29 is 14.7 Å². The van der Waals surface area contributed by atoms with E-state index >= 15 is 0 Å². The number of allylic oxidation sites excluding steroid dienone is 1. The summed E-state index contributed by atoms with van der Waals surface area (Å²) in [5.41, 5.74) is 5.15. The number of carbonyl (C=O) groups is 2. The number of carbonyl (C=O) groups excluding carboxylic acids is 2. The van der Waals surface area contributed by atoms with Crippen molar-refractivity contribution in [1.29, 1.82) is 0 Å². The van der Waals surface area contributed by atoms with Gasteiger partial charge < -0.3 is 25.5 Å². The van der Waals surface area contributed by atoms with Crippen LogP contribution >= 0.6 is 0 Å². The van der Waals surface area contributed by atoms with Crippen molar-refractivity contribution in [2.45, 2.75) is 94.9 Å². The first-order chi connectivity index (χ1) is 28.7. The first-order valence-electron chi connectivity index (χ1n) is 21.1. The standard InChI is InChI=1S/C45H52N10O4/c1-3-21-54-43(58)37-28-46-44(51-42(37)55(54)38-14-7-30-15-20-45(59,4-2)41(30)49-38)48-32-8-12-36(13-9-32)53-24-18-34(19-25-53)47-33-16-22-52(23-17-33)35-10-5-29(6-11-35)31-26-39(56)50-40(57)27-31/h3,5-14,28,31,33-34,47,59H,1,4,15-27H2,2H3,(H,46,48,51)(H,50,56,57)/t45-/m1/s1. The third-order valence-electron chi connectivity index (χ3n) is 12.8. The molecule has 0 bridgehead atoms. The number of hydrogen-bond donors (Lipinski definition) is 4. The first-order valence-corrected chi connectivity index (χ1v) is 21.1. The highest BCUT2D eigenvalue weighted by atomic mass is 16.3. The SMILES string of the molecule is C=CCn1c(=O)c2cnc(Nc3ccc(N4CCC(NC5CCN(c6ccc(C7CC(=O)NC(=O)C7)cc6)CC5)CC4)cc3)nc2n1-c1ccc2c(n1)[C@@](O)(CC)CC2. The minimum absolute atomic E-state index is 0.0391. The lowest BCUT2D eigenvalue weighted by molar-refractivity contribution is -0.133. The molecular formula is C45H52N10O4. The predicted molar refractivity (Wildman–Crippen MR) is 229 cm³/mol. The maximum absolute atomic E-state index is 13.5. The van der Waals surface area contributed by atoms with Gasteiger partial charge in [-0.2, -0.15) is 4.98 Å². The number of amides is 2. The topological polar surface area (TPSA) is 163 Å². The molecule has 1 atom stereocenters. The van der Waals surface area contributed by atoms with Crippen LogP contribution in [0.5, 0.6) is 0 Å². The van der Waals surface area contributed by atoms with Gasteiger partial charge in [-0.1, -0.05) is 31.2 Å². The molecular weight excluding hydrogens is 745 g/mol. The van der Waals surface area contributed by atoms with Crippen molar-refractivity contribution in [2.24, 2.45) is 0 Å². The Bertz CT molecular complexity index is 2410. The summed E-state index contributed by atoms with van der Waals surface area (Å²) >= 11 is 0. The monoisotopic (exact) mass is 796 g/mol. The number of aryl methyl sites for hydroxylation is 1. The second kappa shape index (κ2) is 16.1. The zero-order valence-corrected chi connectivity index (χ0v) is 33.6. The van der Waals surface area contributed by atoms with E-state index in [4.69, 9.17) is 9.97 Å². The van der Waals surface area contributed by atoms with Gasteiger partial charge in [0.1, 0.15) is 11.0 Å². The average Bonchev–Trinajstić information content (AvgIpc) is 3.73. The number of hydrogen-bond acceptors (Lipinski definition) is 11. The predicted octanol–water partition coefficient (Wildman–Crippen LogP) is 5.20. The summed E-state index contributed by atoms with van der Waals surface area (Å²) in [5, 5.41) is 21.3. The van der Waals surface area contributed by atoms with Gasteiger partial charge in [0.2, 0.25) is 17.8 Å². The molecule has 2 aromatic carbocycles. The van der Waals surface area contributed by atoms with Gasteiger partial charge in [-0.25, -0.2) is 19.3 Å². The number of rotatable bonds is 11. The Hall–Kier alpha value is -5.86. The van der Waals surface area contributed by atoms with Crippen molar-refractivity contribution in [3.63, 3.8) is 0 Å². The van der Waals surface area contributed by atoms with E-state index in [2.05, 4.69) is 73.7 Å². The lowest BCUT2D eigenvalue weighted by atomic mass is 9.89. The summed E-state index contributed by atoms with van der Waals surface area (Å²) in [6, 6.07) is 21.6. The van der Waals surface area contributed by atoms with Crippen LogP contribution in [0, 0.1) is 0 Å². The van der Waals surface area contributed by atoms with Crippen LogP contribution in [0.1, 0.15) is 81.0 Å². The van der Waals surface area contributed by atoms with Gasteiger partial charge >= 0.3 is 0 Å². The second-order valence-electron chi connectivity index (χ2n) is 16.5. The number of benzene rings is 2. The quantitative estimate of drug-likeness (QED) is 0.103. The smallest absolute Gasteiger partial charge is 0.278 e. The number of anilines is 4. The van der Waals surface area contributed by atoms with Crippen LogP contribution in [0.25, 0.3) is 16.9 Å². The van der Waals surface area contributed by atoms with E-state index in [9.17, 15) is 19.5 Å². The Labute approximate surface area is 343 Å². The minimum Gasteiger partial charge on any atom is -0.384 e. The molecule has 1 aliphatic carbocycles. The molecule has 5 aromatic rings. The maximum Gasteiger partial charge on any atom is 0.278 e. The van der Waals surface area contributed by atoms with Crippen LogP contribution in [0.4, 0.5) is 23.0 Å². The number of fused-ring (bicyclic) bond motifs is 2. The van der Waals surface area contributed by atoms with E-state index < -0.39 is 5.60 Å². The molecule has 9 rings (SSSR count). The summed E-state index contributed by atoms with van der Waals surface area (Å²) in [7, 11) is 0. The maximum atomic E-state index is 13.5. The number of piperidine rings is 3. The van der Waals surface area contributed by atoms with E-state index in [0.29, 0.717) is 66.3 Å². The van der Waals surface area contributed by atoms with E-state index in [1.165, 1.54) is 11.4 Å². The molecule has 14 heteroatoms. The van der Waals surface area contributed by atoms with Gasteiger partial charge in [0.05, 0.1) is 12.2 Å². The third kappa shape index (κ3) is 7.74. The van der Waals surface area contributed by atoms with Crippen LogP contribution < -0.4 is 31.3 Å². The van der Waals surface area contributed by atoms with Gasteiger partial charge in [-0.3, -0.25) is 19.7 Å². The molecule has 0 saturated carbocycles. The van der Waals surface area contributed by atoms with Crippen LogP contribution in [0.3, 0.4) is 0 Å². The normalized spacial score (nSPS) is 20.6. The molecule has 306 valence electrons. The molecule has 4 aliphatic rings. The Kier molecular flexibility index (Phi) is 10.5. The lowest BCUT2D eigenvalue weighted by Gasteiger charge is -2.39. The average molecular weight is 797 g/mol.